The second kappa shape index (κ2) is 4.17. The van der Waals surface area contributed by atoms with Crippen LogP contribution in [0.4, 0.5) is 0 Å². The molecule has 1 aliphatic heterocycles. The van der Waals surface area contributed by atoms with Gasteiger partial charge in [-0.2, -0.15) is 0 Å². The third-order valence-electron chi connectivity index (χ3n) is 4.13. The zero-order valence-corrected chi connectivity index (χ0v) is 8.91. The number of aliphatic hydroxyl groups is 1. The number of hydrogen-bond donors (Lipinski definition) is 2. The predicted molar refractivity (Wildman–Crippen MR) is 57.0 cm³/mol. The summed E-state index contributed by atoms with van der Waals surface area (Å²) in [6, 6.07) is 0. The maximum Gasteiger partial charge on any atom is 0.0477 e. The minimum atomic E-state index is 0.374. The lowest BCUT2D eigenvalue weighted by Gasteiger charge is -2.42. The van der Waals surface area contributed by atoms with Gasteiger partial charge >= 0.3 is 0 Å². The highest BCUT2D eigenvalue weighted by atomic mass is 16.3. The van der Waals surface area contributed by atoms with Crippen LogP contribution in [0.1, 0.15) is 25.7 Å². The fourth-order valence-corrected chi connectivity index (χ4v) is 3.08. The summed E-state index contributed by atoms with van der Waals surface area (Å²) in [5.74, 6) is 0.536. The van der Waals surface area contributed by atoms with Crippen molar-refractivity contribution in [1.29, 1.82) is 0 Å². The number of nitrogens with two attached hydrogens (primary N) is 1. The van der Waals surface area contributed by atoms with E-state index in [2.05, 4.69) is 4.90 Å². The maximum absolute atomic E-state index is 9.36. The van der Waals surface area contributed by atoms with Crippen LogP contribution in [0.5, 0.6) is 0 Å². The molecule has 0 aromatic heterocycles. The first-order chi connectivity index (χ1) is 6.80. The normalized spacial score (nSPS) is 30.9. The van der Waals surface area contributed by atoms with Gasteiger partial charge in [-0.15, -0.1) is 0 Å². The lowest BCUT2D eigenvalue weighted by Crippen LogP contribution is -2.39. The van der Waals surface area contributed by atoms with E-state index < -0.39 is 0 Å². The first-order valence-electron chi connectivity index (χ1n) is 5.84. The summed E-state index contributed by atoms with van der Waals surface area (Å²) >= 11 is 0. The molecule has 0 aromatic rings. The van der Waals surface area contributed by atoms with Gasteiger partial charge in [0, 0.05) is 25.6 Å². The highest BCUT2D eigenvalue weighted by Crippen LogP contribution is 2.51. The average Bonchev–Trinajstić information content (AvgIpc) is 2.53. The molecular weight excluding hydrogens is 176 g/mol. The highest BCUT2D eigenvalue weighted by molar-refractivity contribution is 5.01. The van der Waals surface area contributed by atoms with E-state index in [1.165, 1.54) is 25.8 Å². The van der Waals surface area contributed by atoms with Crippen LogP contribution in [0.2, 0.25) is 0 Å². The molecule has 3 heteroatoms. The maximum atomic E-state index is 9.36. The van der Waals surface area contributed by atoms with Crippen LogP contribution in [0, 0.1) is 11.3 Å². The Labute approximate surface area is 86.3 Å². The van der Waals surface area contributed by atoms with E-state index in [4.69, 9.17) is 5.73 Å². The molecule has 1 heterocycles. The molecular formula is C11H22N2O. The topological polar surface area (TPSA) is 49.5 Å². The summed E-state index contributed by atoms with van der Waals surface area (Å²) in [6.45, 7) is 4.58. The van der Waals surface area contributed by atoms with Crippen molar-refractivity contribution in [3.8, 4) is 0 Å². The van der Waals surface area contributed by atoms with Gasteiger partial charge in [0.25, 0.3) is 0 Å². The molecule has 1 unspecified atom stereocenters. The van der Waals surface area contributed by atoms with Crippen LogP contribution in [0.3, 0.4) is 0 Å². The Hall–Kier alpha value is -0.120. The summed E-state index contributed by atoms with van der Waals surface area (Å²) in [7, 11) is 0. The smallest absolute Gasteiger partial charge is 0.0477 e. The second-order valence-corrected chi connectivity index (χ2v) is 4.97. The summed E-state index contributed by atoms with van der Waals surface area (Å²) in [5.41, 5.74) is 6.00. The quantitative estimate of drug-likeness (QED) is 0.689. The van der Waals surface area contributed by atoms with Gasteiger partial charge in [-0.3, -0.25) is 0 Å². The van der Waals surface area contributed by atoms with Crippen molar-refractivity contribution in [2.75, 3.05) is 32.8 Å². The number of rotatable bonds is 4. The zero-order chi connectivity index (χ0) is 10.0. The van der Waals surface area contributed by atoms with E-state index >= 15 is 0 Å². The Morgan fingerprint density at radius 1 is 1.43 bits per heavy atom. The van der Waals surface area contributed by atoms with Crippen LogP contribution < -0.4 is 5.73 Å². The first kappa shape index (κ1) is 10.4. The summed E-state index contributed by atoms with van der Waals surface area (Å²) in [6.07, 6.45) is 5.12. The van der Waals surface area contributed by atoms with Gasteiger partial charge in [0.1, 0.15) is 0 Å². The summed E-state index contributed by atoms with van der Waals surface area (Å²) in [4.78, 5) is 2.49. The predicted octanol–water partition coefficient (Wildman–Crippen LogP) is 0.430. The monoisotopic (exact) mass is 198 g/mol. The fourth-order valence-electron chi connectivity index (χ4n) is 3.08. The second-order valence-electron chi connectivity index (χ2n) is 4.97. The Kier molecular flexibility index (Phi) is 3.10. The molecule has 2 rings (SSSR count). The Morgan fingerprint density at radius 3 is 2.64 bits per heavy atom. The van der Waals surface area contributed by atoms with Gasteiger partial charge in [-0.25, -0.2) is 0 Å². The molecule has 0 bridgehead atoms. The molecule has 1 aliphatic carbocycles. The standard InChI is InChI=1S/C11H22N2O/c12-5-2-6-13-7-10(8-14)11(9-13)3-1-4-11/h10,14H,1-9,12H2. The highest BCUT2D eigenvalue weighted by Gasteiger charge is 2.49. The lowest BCUT2D eigenvalue weighted by atomic mass is 9.63. The Balaban J connectivity index is 1.88. The van der Waals surface area contributed by atoms with Crippen molar-refractivity contribution >= 4 is 0 Å². The zero-order valence-electron chi connectivity index (χ0n) is 8.91. The summed E-state index contributed by atoms with van der Waals surface area (Å²) < 4.78 is 0. The van der Waals surface area contributed by atoms with E-state index in [0.29, 0.717) is 17.9 Å². The number of hydrogen-bond acceptors (Lipinski definition) is 3. The number of aliphatic hydroxyl groups excluding tert-OH is 1. The lowest BCUT2D eigenvalue weighted by molar-refractivity contribution is 0.0542. The Bertz CT molecular complexity index is 192. The van der Waals surface area contributed by atoms with Gasteiger partial charge in [-0.05, 0) is 37.8 Å². The average molecular weight is 198 g/mol. The van der Waals surface area contributed by atoms with Gasteiger partial charge in [-0.1, -0.05) is 6.42 Å². The van der Waals surface area contributed by atoms with Crippen LogP contribution in [-0.4, -0.2) is 42.8 Å². The van der Waals surface area contributed by atoms with Crippen molar-refractivity contribution in [2.45, 2.75) is 25.7 Å². The molecule has 0 radical (unpaired) electrons. The molecule has 14 heavy (non-hydrogen) atoms. The van der Waals surface area contributed by atoms with Crippen molar-refractivity contribution in [2.24, 2.45) is 17.1 Å². The molecule has 2 aliphatic rings. The van der Waals surface area contributed by atoms with Crippen molar-refractivity contribution in [1.82, 2.24) is 4.90 Å². The molecule has 1 spiro atoms. The Morgan fingerprint density at radius 2 is 2.21 bits per heavy atom. The van der Waals surface area contributed by atoms with Crippen molar-refractivity contribution in [3.05, 3.63) is 0 Å². The van der Waals surface area contributed by atoms with Crippen LogP contribution >= 0.6 is 0 Å². The van der Waals surface area contributed by atoms with E-state index in [1.54, 1.807) is 0 Å². The largest absolute Gasteiger partial charge is 0.396 e. The fraction of sp³-hybridized carbons (Fsp3) is 1.00. The molecule has 1 saturated carbocycles. The van der Waals surface area contributed by atoms with E-state index in [9.17, 15) is 5.11 Å². The summed E-state index contributed by atoms with van der Waals surface area (Å²) in [5, 5.41) is 9.36. The molecule has 1 atom stereocenters. The van der Waals surface area contributed by atoms with Crippen LogP contribution in [0.15, 0.2) is 0 Å². The van der Waals surface area contributed by atoms with Gasteiger partial charge in [0.2, 0.25) is 0 Å². The van der Waals surface area contributed by atoms with Crippen molar-refractivity contribution in [3.63, 3.8) is 0 Å². The van der Waals surface area contributed by atoms with Gasteiger partial charge in [0.15, 0.2) is 0 Å². The molecule has 1 saturated heterocycles. The SMILES string of the molecule is NCCCN1CC(CO)C2(CCC2)C1. The van der Waals surface area contributed by atoms with E-state index in [1.807, 2.05) is 0 Å². The van der Waals surface area contributed by atoms with E-state index in [-0.39, 0.29) is 0 Å². The number of nitrogens with zero attached hydrogens (tertiary/aromatic N) is 1. The molecule has 82 valence electrons. The molecule has 2 fully saturated rings. The van der Waals surface area contributed by atoms with Gasteiger partial charge < -0.3 is 15.7 Å². The molecule has 3 N–H and O–H groups in total. The molecule has 3 nitrogen and oxygen atoms in total. The third-order valence-corrected chi connectivity index (χ3v) is 4.13. The minimum Gasteiger partial charge on any atom is -0.396 e. The van der Waals surface area contributed by atoms with Crippen LogP contribution in [0.25, 0.3) is 0 Å². The van der Waals surface area contributed by atoms with Crippen LogP contribution in [-0.2, 0) is 0 Å². The minimum absolute atomic E-state index is 0.374. The first-order valence-corrected chi connectivity index (χ1v) is 5.84. The number of likely N-dealkylation sites (tertiary alicyclic amines) is 1. The molecule has 0 amide bonds. The van der Waals surface area contributed by atoms with E-state index in [0.717, 1.165) is 26.1 Å². The van der Waals surface area contributed by atoms with Crippen molar-refractivity contribution < 1.29 is 5.11 Å². The van der Waals surface area contributed by atoms with Gasteiger partial charge in [0.05, 0.1) is 0 Å². The third kappa shape index (κ3) is 1.69. The molecule has 0 aromatic carbocycles.